The minimum atomic E-state index is 0. The van der Waals surface area contributed by atoms with Crippen LogP contribution in [0.5, 0.6) is 0 Å². The lowest BCUT2D eigenvalue weighted by Gasteiger charge is -1.89. The maximum Gasteiger partial charge on any atom is 0.0691 e. The molecule has 0 aliphatic carbocycles. The van der Waals surface area contributed by atoms with Crippen molar-refractivity contribution < 1.29 is 4.84 Å². The number of hydrogen-bond acceptors (Lipinski definition) is 3. The third-order valence-corrected chi connectivity index (χ3v) is 0.466. The van der Waals surface area contributed by atoms with Crippen molar-refractivity contribution >= 4 is 24.8 Å². The second kappa shape index (κ2) is 15.7. The summed E-state index contributed by atoms with van der Waals surface area (Å²) in [5.41, 5.74) is 5.08. The summed E-state index contributed by atoms with van der Waals surface area (Å²) in [4.78, 5) is 4.20. The molecule has 0 aromatic rings. The van der Waals surface area contributed by atoms with E-state index < -0.39 is 0 Å². The molecule has 3 nitrogen and oxygen atoms in total. The Morgan fingerprint density at radius 3 is 1.88 bits per heavy atom. The third-order valence-electron chi connectivity index (χ3n) is 0.466. The molecule has 0 aliphatic rings. The van der Waals surface area contributed by atoms with Crippen LogP contribution >= 0.6 is 24.8 Å². The first-order chi connectivity index (χ1) is 2.91. The molecular weight excluding hydrogens is 151 g/mol. The SMILES string of the molecule is Cl.Cl.NCCCON. The van der Waals surface area contributed by atoms with Gasteiger partial charge in [-0.2, -0.15) is 0 Å². The van der Waals surface area contributed by atoms with Crippen molar-refractivity contribution in [1.82, 2.24) is 0 Å². The topological polar surface area (TPSA) is 61.3 Å². The Morgan fingerprint density at radius 1 is 1.25 bits per heavy atom. The van der Waals surface area contributed by atoms with Gasteiger partial charge >= 0.3 is 0 Å². The molecule has 0 bridgehead atoms. The fourth-order valence-corrected chi connectivity index (χ4v) is 0.167. The second-order valence-electron chi connectivity index (χ2n) is 1.01. The first kappa shape index (κ1) is 15.8. The molecule has 0 unspecified atom stereocenters. The summed E-state index contributed by atoms with van der Waals surface area (Å²) in [5.74, 6) is 4.66. The van der Waals surface area contributed by atoms with E-state index in [2.05, 4.69) is 10.7 Å². The van der Waals surface area contributed by atoms with Crippen molar-refractivity contribution in [3.63, 3.8) is 0 Å². The normalized spacial score (nSPS) is 6.75. The van der Waals surface area contributed by atoms with Crippen LogP contribution < -0.4 is 11.6 Å². The van der Waals surface area contributed by atoms with Gasteiger partial charge in [0.1, 0.15) is 0 Å². The number of nitrogens with two attached hydrogens (primary N) is 2. The number of halogens is 2. The van der Waals surface area contributed by atoms with Gasteiger partial charge in [-0.05, 0) is 13.0 Å². The monoisotopic (exact) mass is 162 g/mol. The van der Waals surface area contributed by atoms with Crippen molar-refractivity contribution in [2.75, 3.05) is 13.2 Å². The highest BCUT2D eigenvalue weighted by molar-refractivity contribution is 5.85. The first-order valence-electron chi connectivity index (χ1n) is 1.93. The summed E-state index contributed by atoms with van der Waals surface area (Å²) in [5, 5.41) is 0. The summed E-state index contributed by atoms with van der Waals surface area (Å²) in [6, 6.07) is 0. The molecule has 54 valence electrons. The molecule has 0 aromatic heterocycles. The van der Waals surface area contributed by atoms with Crippen LogP contribution in [0.15, 0.2) is 0 Å². The molecule has 0 radical (unpaired) electrons. The first-order valence-corrected chi connectivity index (χ1v) is 1.93. The molecule has 0 fully saturated rings. The van der Waals surface area contributed by atoms with E-state index >= 15 is 0 Å². The molecular formula is C3H12Cl2N2O. The average Bonchev–Trinajstić information content (AvgIpc) is 1.61. The van der Waals surface area contributed by atoms with E-state index in [-0.39, 0.29) is 24.8 Å². The van der Waals surface area contributed by atoms with Gasteiger partial charge in [0, 0.05) is 0 Å². The van der Waals surface area contributed by atoms with Crippen LogP contribution in [0.1, 0.15) is 6.42 Å². The largest absolute Gasteiger partial charge is 0.330 e. The van der Waals surface area contributed by atoms with Gasteiger partial charge in [0.2, 0.25) is 0 Å². The van der Waals surface area contributed by atoms with Gasteiger partial charge in [-0.3, -0.25) is 0 Å². The highest BCUT2D eigenvalue weighted by atomic mass is 35.5. The molecule has 8 heavy (non-hydrogen) atoms. The summed E-state index contributed by atoms with van der Waals surface area (Å²) in [6.45, 7) is 1.22. The maximum absolute atomic E-state index is 5.08. The Balaban J connectivity index is -0.000000125. The second-order valence-corrected chi connectivity index (χ2v) is 1.01. The number of rotatable bonds is 3. The fraction of sp³-hybridized carbons (Fsp3) is 1.00. The zero-order chi connectivity index (χ0) is 4.83. The highest BCUT2D eigenvalue weighted by Crippen LogP contribution is 1.68. The quantitative estimate of drug-likeness (QED) is 0.457. The smallest absolute Gasteiger partial charge is 0.0691 e. The van der Waals surface area contributed by atoms with Crippen molar-refractivity contribution in [2.24, 2.45) is 11.6 Å². The van der Waals surface area contributed by atoms with Gasteiger partial charge in [-0.25, -0.2) is 5.90 Å². The lowest BCUT2D eigenvalue weighted by atomic mass is 10.5. The molecule has 4 N–H and O–H groups in total. The lowest BCUT2D eigenvalue weighted by molar-refractivity contribution is 0.137. The van der Waals surface area contributed by atoms with Crippen molar-refractivity contribution in [2.45, 2.75) is 6.42 Å². The Hall–Kier alpha value is 0.460. The summed E-state index contributed by atoms with van der Waals surface area (Å²) in [6.07, 6.45) is 0.844. The van der Waals surface area contributed by atoms with Crippen LogP contribution in [0.3, 0.4) is 0 Å². The Kier molecular flexibility index (Phi) is 30.9. The van der Waals surface area contributed by atoms with Crippen LogP contribution in [0.4, 0.5) is 0 Å². The molecule has 0 amide bonds. The van der Waals surface area contributed by atoms with Crippen LogP contribution in [0.25, 0.3) is 0 Å². The van der Waals surface area contributed by atoms with Crippen LogP contribution in [-0.2, 0) is 4.84 Å². The number of hydrogen-bond donors (Lipinski definition) is 2. The van der Waals surface area contributed by atoms with E-state index in [1.165, 1.54) is 0 Å². The third kappa shape index (κ3) is 16.1. The molecule has 0 aromatic carbocycles. The van der Waals surface area contributed by atoms with Gasteiger partial charge < -0.3 is 10.6 Å². The Bertz CT molecular complexity index is 27.2. The van der Waals surface area contributed by atoms with Crippen molar-refractivity contribution in [3.05, 3.63) is 0 Å². The fourth-order valence-electron chi connectivity index (χ4n) is 0.167. The zero-order valence-electron chi connectivity index (χ0n) is 4.50. The van der Waals surface area contributed by atoms with Gasteiger partial charge in [0.05, 0.1) is 6.61 Å². The predicted molar refractivity (Wildman–Crippen MR) is 38.3 cm³/mol. The van der Waals surface area contributed by atoms with Gasteiger partial charge in [0.25, 0.3) is 0 Å². The molecule has 0 saturated heterocycles. The summed E-state index contributed by atoms with van der Waals surface area (Å²) >= 11 is 0. The maximum atomic E-state index is 5.08. The molecule has 5 heteroatoms. The standard InChI is InChI=1S/C3H10N2O.2ClH/c4-2-1-3-6-5;;/h1-5H2;2*1H. The van der Waals surface area contributed by atoms with Crippen LogP contribution in [0, 0.1) is 0 Å². The Morgan fingerprint density at radius 2 is 1.75 bits per heavy atom. The van der Waals surface area contributed by atoms with Crippen LogP contribution in [0.2, 0.25) is 0 Å². The van der Waals surface area contributed by atoms with E-state index in [9.17, 15) is 0 Å². The van der Waals surface area contributed by atoms with Gasteiger partial charge in [-0.15, -0.1) is 24.8 Å². The molecule has 0 heterocycles. The van der Waals surface area contributed by atoms with E-state index in [4.69, 9.17) is 5.73 Å². The Labute approximate surface area is 61.5 Å². The van der Waals surface area contributed by atoms with Gasteiger partial charge in [-0.1, -0.05) is 0 Å². The lowest BCUT2D eigenvalue weighted by Crippen LogP contribution is -2.07. The van der Waals surface area contributed by atoms with E-state index in [1.807, 2.05) is 0 Å². The van der Waals surface area contributed by atoms with E-state index in [1.54, 1.807) is 0 Å². The molecule has 0 spiro atoms. The van der Waals surface area contributed by atoms with Crippen molar-refractivity contribution in [3.8, 4) is 0 Å². The van der Waals surface area contributed by atoms with E-state index in [0.717, 1.165) is 6.42 Å². The minimum absolute atomic E-state index is 0. The summed E-state index contributed by atoms with van der Waals surface area (Å²) < 4.78 is 0. The van der Waals surface area contributed by atoms with Crippen molar-refractivity contribution in [1.29, 1.82) is 0 Å². The van der Waals surface area contributed by atoms with Crippen LogP contribution in [-0.4, -0.2) is 13.2 Å². The van der Waals surface area contributed by atoms with Gasteiger partial charge in [0.15, 0.2) is 0 Å². The minimum Gasteiger partial charge on any atom is -0.330 e. The zero-order valence-corrected chi connectivity index (χ0v) is 6.13. The average molecular weight is 163 g/mol. The molecule has 0 aliphatic heterocycles. The summed E-state index contributed by atoms with van der Waals surface area (Å²) in [7, 11) is 0. The van der Waals surface area contributed by atoms with E-state index in [0.29, 0.717) is 13.2 Å². The molecule has 0 atom stereocenters. The predicted octanol–water partition coefficient (Wildman–Crippen LogP) is 0.0691. The molecule has 0 rings (SSSR count). The molecule has 0 saturated carbocycles. The highest BCUT2D eigenvalue weighted by Gasteiger charge is 1.75.